The van der Waals surface area contributed by atoms with Crippen molar-refractivity contribution < 1.29 is 18.7 Å². The van der Waals surface area contributed by atoms with Gasteiger partial charge in [-0.25, -0.2) is 4.98 Å². The number of nitrogens with zero attached hydrogens (tertiary/aromatic N) is 5. The van der Waals surface area contributed by atoms with Gasteiger partial charge in [-0.3, -0.25) is 9.78 Å². The molecule has 1 aromatic carbocycles. The average Bonchev–Trinajstić information content (AvgIpc) is 3.32. The van der Waals surface area contributed by atoms with Gasteiger partial charge in [0.05, 0.1) is 44.0 Å². The van der Waals surface area contributed by atoms with Crippen molar-refractivity contribution >= 4 is 5.91 Å². The first-order chi connectivity index (χ1) is 15.5. The number of aryl methyl sites for hydroxylation is 1. The van der Waals surface area contributed by atoms with Crippen molar-refractivity contribution in [2.45, 2.75) is 38.7 Å². The minimum atomic E-state index is -0.325. The predicted molar refractivity (Wildman–Crippen MR) is 116 cm³/mol. The van der Waals surface area contributed by atoms with Crippen molar-refractivity contribution in [2.24, 2.45) is 0 Å². The lowest BCUT2D eigenvalue weighted by atomic mass is 10.1. The van der Waals surface area contributed by atoms with Gasteiger partial charge in [0.15, 0.2) is 0 Å². The van der Waals surface area contributed by atoms with E-state index >= 15 is 0 Å². The van der Waals surface area contributed by atoms with E-state index in [0.717, 1.165) is 17.0 Å². The number of benzene rings is 1. The number of hydrogen-bond acceptors (Lipinski definition) is 8. The lowest BCUT2D eigenvalue weighted by Crippen LogP contribution is -2.42. The van der Waals surface area contributed by atoms with Crippen LogP contribution in [0.15, 0.2) is 41.1 Å². The van der Waals surface area contributed by atoms with E-state index in [0.29, 0.717) is 50.0 Å². The van der Waals surface area contributed by atoms with E-state index in [1.54, 1.807) is 24.4 Å². The summed E-state index contributed by atoms with van der Waals surface area (Å²) >= 11 is 0. The monoisotopic (exact) mass is 437 g/mol. The summed E-state index contributed by atoms with van der Waals surface area (Å²) in [5.74, 6) is 2.06. The predicted octanol–water partition coefficient (Wildman–Crippen LogP) is 3.19. The highest BCUT2D eigenvalue weighted by atomic mass is 16.5. The number of aromatic nitrogens is 4. The summed E-state index contributed by atoms with van der Waals surface area (Å²) in [5.41, 5.74) is 2.38. The second kappa shape index (κ2) is 9.86. The molecule has 9 heteroatoms. The van der Waals surface area contributed by atoms with Crippen LogP contribution in [0.4, 0.5) is 0 Å². The Balaban J connectivity index is 1.39. The van der Waals surface area contributed by atoms with Crippen LogP contribution >= 0.6 is 0 Å². The second-order valence-corrected chi connectivity index (χ2v) is 7.95. The number of amides is 1. The highest BCUT2D eigenvalue weighted by Crippen LogP contribution is 2.25. The molecule has 2 aromatic heterocycles. The summed E-state index contributed by atoms with van der Waals surface area (Å²) in [6.45, 7) is 5.40. The molecule has 1 aliphatic rings. The van der Waals surface area contributed by atoms with E-state index in [1.165, 1.54) is 0 Å². The van der Waals surface area contributed by atoms with Gasteiger partial charge in [-0.05, 0) is 24.3 Å². The van der Waals surface area contributed by atoms with E-state index in [9.17, 15) is 4.79 Å². The van der Waals surface area contributed by atoms with Crippen LogP contribution in [0.3, 0.4) is 0 Å². The number of methoxy groups -OCH3 is 1. The molecule has 0 bridgehead atoms. The van der Waals surface area contributed by atoms with Crippen molar-refractivity contribution in [1.29, 1.82) is 0 Å². The summed E-state index contributed by atoms with van der Waals surface area (Å²) in [7, 11) is 1.63. The number of hydrogen-bond donors (Lipinski definition) is 0. The molecule has 4 rings (SSSR count). The molecule has 0 spiro atoms. The fourth-order valence-corrected chi connectivity index (χ4v) is 3.46. The summed E-state index contributed by atoms with van der Waals surface area (Å²) in [6.07, 6.45) is 3.82. The van der Waals surface area contributed by atoms with Gasteiger partial charge in [-0.1, -0.05) is 13.8 Å². The minimum absolute atomic E-state index is 0.0295. The van der Waals surface area contributed by atoms with Crippen LogP contribution in [-0.2, 0) is 16.0 Å². The van der Waals surface area contributed by atoms with E-state index in [-0.39, 0.29) is 17.9 Å². The molecule has 3 heterocycles. The summed E-state index contributed by atoms with van der Waals surface area (Å²) < 4.78 is 16.7. The molecule has 0 N–H and O–H groups in total. The van der Waals surface area contributed by atoms with Gasteiger partial charge in [-0.2, -0.15) is 0 Å². The van der Waals surface area contributed by atoms with Crippen molar-refractivity contribution in [3.8, 4) is 17.0 Å². The van der Waals surface area contributed by atoms with Gasteiger partial charge in [0.1, 0.15) is 11.9 Å². The largest absolute Gasteiger partial charge is 0.497 e. The lowest BCUT2D eigenvalue weighted by Gasteiger charge is -2.32. The van der Waals surface area contributed by atoms with E-state index in [2.05, 4.69) is 15.2 Å². The Morgan fingerprint density at radius 3 is 2.75 bits per heavy atom. The molecule has 168 valence electrons. The topological polar surface area (TPSA) is 103 Å². The molecular formula is C23H27N5O4. The highest BCUT2D eigenvalue weighted by Gasteiger charge is 2.27. The van der Waals surface area contributed by atoms with Crippen LogP contribution in [0.5, 0.6) is 5.75 Å². The summed E-state index contributed by atoms with van der Waals surface area (Å²) in [4.78, 5) is 23.6. The molecule has 0 aliphatic carbocycles. The molecule has 0 unspecified atom stereocenters. The Kier molecular flexibility index (Phi) is 6.75. The van der Waals surface area contributed by atoms with Gasteiger partial charge >= 0.3 is 0 Å². The van der Waals surface area contributed by atoms with E-state index in [1.807, 2.05) is 38.1 Å². The fraction of sp³-hybridized carbons (Fsp3) is 0.435. The molecule has 1 saturated heterocycles. The Hall–Kier alpha value is -3.33. The molecule has 0 saturated carbocycles. The van der Waals surface area contributed by atoms with Gasteiger partial charge in [0, 0.05) is 30.9 Å². The number of rotatable bonds is 7. The third-order valence-corrected chi connectivity index (χ3v) is 5.32. The van der Waals surface area contributed by atoms with E-state index < -0.39 is 0 Å². The third-order valence-electron chi connectivity index (χ3n) is 5.32. The molecule has 9 nitrogen and oxygen atoms in total. The Morgan fingerprint density at radius 1 is 1.22 bits per heavy atom. The lowest BCUT2D eigenvalue weighted by molar-refractivity contribution is -0.139. The number of ether oxygens (including phenoxy) is 2. The maximum absolute atomic E-state index is 12.8. The highest BCUT2D eigenvalue weighted by molar-refractivity contribution is 5.76. The second-order valence-electron chi connectivity index (χ2n) is 7.95. The maximum Gasteiger partial charge on any atom is 0.223 e. The van der Waals surface area contributed by atoms with Gasteiger partial charge < -0.3 is 18.8 Å². The number of morpholine rings is 1. The Morgan fingerprint density at radius 2 is 2.03 bits per heavy atom. The number of carbonyl (C=O) groups is 1. The first kappa shape index (κ1) is 21.9. The third kappa shape index (κ3) is 5.11. The van der Waals surface area contributed by atoms with Crippen LogP contribution < -0.4 is 4.74 Å². The number of carbonyl (C=O) groups excluding carboxylic acids is 1. The minimum Gasteiger partial charge on any atom is -0.497 e. The normalized spacial score (nSPS) is 16.4. The SMILES string of the molecule is COc1ccc(-c2cncc([C@@H]3CN(C(=O)CCc4nnc(C(C)C)o4)CCO3)n2)cc1. The Bertz CT molecular complexity index is 1050. The fourth-order valence-electron chi connectivity index (χ4n) is 3.46. The average molecular weight is 438 g/mol. The van der Waals surface area contributed by atoms with Crippen LogP contribution in [0.2, 0.25) is 0 Å². The molecule has 0 radical (unpaired) electrons. The van der Waals surface area contributed by atoms with Crippen LogP contribution in [-0.4, -0.2) is 57.8 Å². The molecule has 1 fully saturated rings. The molecule has 1 amide bonds. The first-order valence-electron chi connectivity index (χ1n) is 10.7. The molecule has 32 heavy (non-hydrogen) atoms. The quantitative estimate of drug-likeness (QED) is 0.555. The first-order valence-corrected chi connectivity index (χ1v) is 10.7. The zero-order valence-electron chi connectivity index (χ0n) is 18.5. The van der Waals surface area contributed by atoms with Crippen molar-refractivity contribution in [2.75, 3.05) is 26.8 Å². The standard InChI is InChI=1S/C23H27N5O4/c1-15(2)23-27-26-21(32-23)8-9-22(29)28-10-11-31-20(14-28)19-13-24-12-18(25-19)16-4-6-17(30-3)7-5-16/h4-7,12-13,15,20H,8-11,14H2,1-3H3/t20-/m0/s1. The maximum atomic E-state index is 12.8. The molecule has 1 aliphatic heterocycles. The van der Waals surface area contributed by atoms with Crippen molar-refractivity contribution in [3.05, 3.63) is 54.1 Å². The van der Waals surface area contributed by atoms with Gasteiger partial charge in [-0.15, -0.1) is 10.2 Å². The van der Waals surface area contributed by atoms with Gasteiger partial charge in [0.25, 0.3) is 0 Å². The Labute approximate surface area is 186 Å². The summed E-state index contributed by atoms with van der Waals surface area (Å²) in [6, 6.07) is 7.64. The van der Waals surface area contributed by atoms with Gasteiger partial charge in [0.2, 0.25) is 17.7 Å². The smallest absolute Gasteiger partial charge is 0.223 e. The molecule has 3 aromatic rings. The molecule has 1 atom stereocenters. The van der Waals surface area contributed by atoms with Crippen LogP contribution in [0.25, 0.3) is 11.3 Å². The zero-order chi connectivity index (χ0) is 22.5. The van der Waals surface area contributed by atoms with Crippen molar-refractivity contribution in [3.63, 3.8) is 0 Å². The molecular weight excluding hydrogens is 410 g/mol. The van der Waals surface area contributed by atoms with E-state index in [4.69, 9.17) is 18.9 Å². The van der Waals surface area contributed by atoms with Crippen LogP contribution in [0, 0.1) is 0 Å². The zero-order valence-corrected chi connectivity index (χ0v) is 18.5. The summed E-state index contributed by atoms with van der Waals surface area (Å²) in [5, 5.41) is 8.05. The van der Waals surface area contributed by atoms with Crippen molar-refractivity contribution in [1.82, 2.24) is 25.1 Å². The van der Waals surface area contributed by atoms with Crippen LogP contribution in [0.1, 0.15) is 49.8 Å².